The number of para-hydroxylation sites is 1. The van der Waals surface area contributed by atoms with Crippen molar-refractivity contribution in [3.8, 4) is 5.69 Å². The molecule has 2 amide bonds. The third-order valence-corrected chi connectivity index (χ3v) is 7.65. The lowest BCUT2D eigenvalue weighted by Gasteiger charge is -2.30. The molecule has 8 nitrogen and oxygen atoms in total. The van der Waals surface area contributed by atoms with Gasteiger partial charge in [0.25, 0.3) is 0 Å². The maximum atomic E-state index is 14.0. The molecule has 1 saturated heterocycles. The fourth-order valence-electron chi connectivity index (χ4n) is 5.18. The summed E-state index contributed by atoms with van der Waals surface area (Å²) >= 11 is 6.73. The highest BCUT2D eigenvalue weighted by Gasteiger charge is 2.37. The quantitative estimate of drug-likeness (QED) is 0.393. The van der Waals surface area contributed by atoms with Crippen LogP contribution in [0.1, 0.15) is 35.9 Å². The average molecular weight is 546 g/mol. The molecule has 38 heavy (non-hydrogen) atoms. The molecule has 0 radical (unpaired) electrons. The summed E-state index contributed by atoms with van der Waals surface area (Å²) in [6.07, 6.45) is 0.744. The van der Waals surface area contributed by atoms with E-state index < -0.39 is 17.7 Å². The van der Waals surface area contributed by atoms with Crippen LogP contribution in [-0.2, 0) is 4.74 Å². The minimum Gasteiger partial charge on any atom is -0.393 e. The summed E-state index contributed by atoms with van der Waals surface area (Å²) in [6, 6.07) is 12.3. The molecule has 0 bridgehead atoms. The number of aromatic nitrogens is 2. The zero-order valence-corrected chi connectivity index (χ0v) is 21.7. The number of benzene rings is 2. The van der Waals surface area contributed by atoms with Gasteiger partial charge in [-0.05, 0) is 42.7 Å². The maximum Gasteiger partial charge on any atom is 0.320 e. The van der Waals surface area contributed by atoms with Crippen molar-refractivity contribution in [1.82, 2.24) is 20.0 Å². The minimum atomic E-state index is -0.923. The van der Waals surface area contributed by atoms with Crippen molar-refractivity contribution in [2.45, 2.75) is 36.8 Å². The van der Waals surface area contributed by atoms with Gasteiger partial charge in [-0.15, -0.1) is 0 Å². The highest BCUT2D eigenvalue weighted by Crippen LogP contribution is 2.42. The Morgan fingerprint density at radius 2 is 1.92 bits per heavy atom. The van der Waals surface area contributed by atoms with Gasteiger partial charge in [0.05, 0.1) is 30.1 Å². The number of carbonyl (C=O) groups is 1. The fourth-order valence-corrected chi connectivity index (χ4v) is 5.50. The third-order valence-electron chi connectivity index (χ3n) is 7.28. The zero-order valence-electron chi connectivity index (χ0n) is 20.9. The molecule has 1 saturated carbocycles. The largest absolute Gasteiger partial charge is 0.393 e. The van der Waals surface area contributed by atoms with Crippen molar-refractivity contribution in [3.05, 3.63) is 76.4 Å². The SMILES string of the molecule is COCCN1C[C@@H](NC(=O)Nc2c(Cl)c([C@H]3C[C@@H](O)C3)nn2-c2ccccc2)[C@H](c2ccc(F)c(F)c2)C1. The van der Waals surface area contributed by atoms with E-state index in [4.69, 9.17) is 16.3 Å². The van der Waals surface area contributed by atoms with Crippen LogP contribution in [0.25, 0.3) is 5.69 Å². The first-order valence-electron chi connectivity index (χ1n) is 12.6. The number of likely N-dealkylation sites (tertiary alicyclic amines) is 1. The number of nitrogens with zero attached hydrogens (tertiary/aromatic N) is 3. The van der Waals surface area contributed by atoms with Crippen LogP contribution in [0.4, 0.5) is 19.4 Å². The van der Waals surface area contributed by atoms with Gasteiger partial charge in [0, 0.05) is 38.6 Å². The van der Waals surface area contributed by atoms with E-state index in [-0.39, 0.29) is 24.0 Å². The molecule has 1 aliphatic heterocycles. The monoisotopic (exact) mass is 545 g/mol. The first kappa shape index (κ1) is 26.6. The van der Waals surface area contributed by atoms with Gasteiger partial charge in [-0.2, -0.15) is 5.10 Å². The van der Waals surface area contributed by atoms with E-state index in [1.165, 1.54) is 6.07 Å². The molecule has 1 aromatic heterocycles. The lowest BCUT2D eigenvalue weighted by atomic mass is 9.80. The number of ether oxygens (including phenoxy) is 1. The van der Waals surface area contributed by atoms with Crippen LogP contribution in [-0.4, -0.2) is 71.3 Å². The highest BCUT2D eigenvalue weighted by atomic mass is 35.5. The first-order chi connectivity index (χ1) is 18.3. The summed E-state index contributed by atoms with van der Waals surface area (Å²) in [5.41, 5.74) is 1.96. The molecule has 202 valence electrons. The van der Waals surface area contributed by atoms with Gasteiger partial charge in [-0.3, -0.25) is 10.2 Å². The van der Waals surface area contributed by atoms with Gasteiger partial charge >= 0.3 is 6.03 Å². The summed E-state index contributed by atoms with van der Waals surface area (Å²) in [5, 5.41) is 20.7. The Morgan fingerprint density at radius 1 is 1.16 bits per heavy atom. The van der Waals surface area contributed by atoms with E-state index in [0.29, 0.717) is 61.2 Å². The molecule has 3 aromatic rings. The summed E-state index contributed by atoms with van der Waals surface area (Å²) in [5.74, 6) is -1.76. The Balaban J connectivity index is 1.38. The van der Waals surface area contributed by atoms with Gasteiger partial charge in [-0.25, -0.2) is 18.3 Å². The first-order valence-corrected chi connectivity index (χ1v) is 13.0. The molecule has 1 aliphatic carbocycles. The van der Waals surface area contributed by atoms with E-state index in [1.807, 2.05) is 30.3 Å². The smallest absolute Gasteiger partial charge is 0.320 e. The molecule has 2 atom stereocenters. The lowest BCUT2D eigenvalue weighted by molar-refractivity contribution is 0.0731. The normalized spacial score (nSPS) is 23.3. The molecular formula is C27H30ClF2N5O3. The second-order valence-corrected chi connectivity index (χ2v) is 10.2. The topological polar surface area (TPSA) is 91.7 Å². The number of halogens is 3. The summed E-state index contributed by atoms with van der Waals surface area (Å²) < 4.78 is 34.4. The second-order valence-electron chi connectivity index (χ2n) is 9.85. The number of hydrogen-bond acceptors (Lipinski definition) is 5. The summed E-state index contributed by atoms with van der Waals surface area (Å²) in [4.78, 5) is 15.4. The van der Waals surface area contributed by atoms with Crippen LogP contribution in [0.2, 0.25) is 5.02 Å². The molecule has 3 N–H and O–H groups in total. The number of nitrogens with one attached hydrogen (secondary N) is 2. The second kappa shape index (κ2) is 11.4. The number of aliphatic hydroxyl groups is 1. The van der Waals surface area contributed by atoms with E-state index >= 15 is 0 Å². The van der Waals surface area contributed by atoms with Crippen LogP contribution in [0.5, 0.6) is 0 Å². The minimum absolute atomic E-state index is 0.00741. The molecular weight excluding hydrogens is 516 g/mol. The highest BCUT2D eigenvalue weighted by molar-refractivity contribution is 6.34. The molecule has 2 heterocycles. The van der Waals surface area contributed by atoms with E-state index in [9.17, 15) is 18.7 Å². The Hall–Kier alpha value is -3.05. The Kier molecular flexibility index (Phi) is 7.94. The Bertz CT molecular complexity index is 1290. The van der Waals surface area contributed by atoms with Gasteiger partial charge in [0.2, 0.25) is 0 Å². The van der Waals surface area contributed by atoms with Gasteiger partial charge in [-0.1, -0.05) is 35.9 Å². The van der Waals surface area contributed by atoms with Crippen molar-refractivity contribution in [1.29, 1.82) is 0 Å². The number of rotatable bonds is 8. The number of anilines is 1. The average Bonchev–Trinajstić information content (AvgIpc) is 3.43. The molecule has 11 heteroatoms. The van der Waals surface area contributed by atoms with Crippen LogP contribution in [0.3, 0.4) is 0 Å². The van der Waals surface area contributed by atoms with Crippen molar-refractivity contribution < 1.29 is 23.4 Å². The number of urea groups is 1. The predicted molar refractivity (Wildman–Crippen MR) is 140 cm³/mol. The molecule has 2 aliphatic rings. The maximum absolute atomic E-state index is 14.0. The molecule has 5 rings (SSSR count). The Morgan fingerprint density at radius 3 is 2.61 bits per heavy atom. The van der Waals surface area contributed by atoms with Crippen LogP contribution in [0.15, 0.2) is 48.5 Å². The van der Waals surface area contributed by atoms with Gasteiger partial charge < -0.3 is 15.2 Å². The van der Waals surface area contributed by atoms with E-state index in [2.05, 4.69) is 20.6 Å². The number of amides is 2. The Labute approximate surface area is 224 Å². The van der Waals surface area contributed by atoms with Crippen LogP contribution in [0, 0.1) is 11.6 Å². The van der Waals surface area contributed by atoms with Gasteiger partial charge in [0.1, 0.15) is 5.02 Å². The summed E-state index contributed by atoms with van der Waals surface area (Å²) in [7, 11) is 1.62. The van der Waals surface area contributed by atoms with Crippen molar-refractivity contribution >= 4 is 23.4 Å². The van der Waals surface area contributed by atoms with Crippen LogP contribution >= 0.6 is 11.6 Å². The van der Waals surface area contributed by atoms with Crippen LogP contribution < -0.4 is 10.6 Å². The number of carbonyl (C=O) groups excluding carboxylic acids is 1. The van der Waals surface area contributed by atoms with Crippen molar-refractivity contribution in [3.63, 3.8) is 0 Å². The molecule has 2 aromatic carbocycles. The molecule has 0 unspecified atom stereocenters. The predicted octanol–water partition coefficient (Wildman–Crippen LogP) is 4.28. The lowest BCUT2D eigenvalue weighted by Crippen LogP contribution is -2.42. The standard InChI is InChI=1S/C27H30ClF2N5O3/c1-38-10-9-34-14-20(16-7-8-21(29)22(30)13-16)23(15-34)31-27(37)32-26-24(28)25(17-11-19(36)12-17)33-35(26)18-5-3-2-4-6-18/h2-8,13,17,19-20,23,36H,9-12,14-15H2,1H3,(H2,31,32,37)/t17-,19+,20-,23+/m0/s1. The summed E-state index contributed by atoms with van der Waals surface area (Å²) in [6.45, 7) is 2.21. The third kappa shape index (κ3) is 5.54. The molecule has 2 fully saturated rings. The van der Waals surface area contributed by atoms with Crippen molar-refractivity contribution in [2.75, 3.05) is 38.7 Å². The number of methoxy groups -OCH3 is 1. The fraction of sp³-hybridized carbons (Fsp3) is 0.407. The number of aliphatic hydroxyl groups excluding tert-OH is 1. The van der Waals surface area contributed by atoms with E-state index in [1.54, 1.807) is 17.9 Å². The van der Waals surface area contributed by atoms with E-state index in [0.717, 1.165) is 11.8 Å². The van der Waals surface area contributed by atoms with Gasteiger partial charge in [0.15, 0.2) is 17.5 Å². The molecule has 0 spiro atoms. The number of hydrogen-bond donors (Lipinski definition) is 3. The van der Waals surface area contributed by atoms with Crippen molar-refractivity contribution in [2.24, 2.45) is 0 Å². The zero-order chi connectivity index (χ0) is 26.8.